The number of nitro benzene ring substituents is 1. The highest BCUT2D eigenvalue weighted by Gasteiger charge is 2.16. The molecule has 0 aromatic heterocycles. The van der Waals surface area contributed by atoms with E-state index in [1.165, 1.54) is 6.07 Å². The molecule has 0 spiro atoms. The van der Waals surface area contributed by atoms with Gasteiger partial charge in [-0.1, -0.05) is 24.3 Å². The molecule has 0 radical (unpaired) electrons. The van der Waals surface area contributed by atoms with Crippen molar-refractivity contribution in [2.75, 3.05) is 13.2 Å². The third kappa shape index (κ3) is 4.26. The molecule has 0 unspecified atom stereocenters. The van der Waals surface area contributed by atoms with Crippen LogP contribution in [0.4, 0.5) is 5.69 Å². The molecule has 3 rings (SSSR count). The third-order valence-corrected chi connectivity index (χ3v) is 3.84. The summed E-state index contributed by atoms with van der Waals surface area (Å²) in [5.41, 5.74) is 1.22. The van der Waals surface area contributed by atoms with Crippen molar-refractivity contribution in [3.05, 3.63) is 63.7 Å². The maximum Gasteiger partial charge on any atom is 0.273 e. The Morgan fingerprint density at radius 1 is 1.12 bits per heavy atom. The number of hydrogen-bond donors (Lipinski definition) is 1. The fourth-order valence-corrected chi connectivity index (χ4v) is 2.59. The summed E-state index contributed by atoms with van der Waals surface area (Å²) in [7, 11) is 0. The molecule has 0 saturated carbocycles. The molecule has 2 aromatic carbocycles. The van der Waals surface area contributed by atoms with Gasteiger partial charge in [0.2, 0.25) is 5.91 Å². The van der Waals surface area contributed by atoms with Crippen molar-refractivity contribution < 1.29 is 19.2 Å². The van der Waals surface area contributed by atoms with Gasteiger partial charge in [-0.2, -0.15) is 0 Å². The first-order valence-corrected chi connectivity index (χ1v) is 8.01. The van der Waals surface area contributed by atoms with Gasteiger partial charge in [0.05, 0.1) is 24.6 Å². The molecule has 25 heavy (non-hydrogen) atoms. The van der Waals surface area contributed by atoms with Crippen LogP contribution in [0, 0.1) is 10.1 Å². The van der Waals surface area contributed by atoms with E-state index < -0.39 is 4.92 Å². The molecule has 0 aliphatic carbocycles. The van der Waals surface area contributed by atoms with Crippen LogP contribution in [0.5, 0.6) is 11.5 Å². The number of ether oxygens (including phenoxy) is 2. The first kappa shape index (κ1) is 16.8. The van der Waals surface area contributed by atoms with E-state index in [2.05, 4.69) is 5.32 Å². The Labute approximate surface area is 144 Å². The average Bonchev–Trinajstić information content (AvgIpc) is 2.85. The summed E-state index contributed by atoms with van der Waals surface area (Å²) in [5, 5.41) is 13.8. The van der Waals surface area contributed by atoms with Gasteiger partial charge < -0.3 is 14.8 Å². The minimum atomic E-state index is -0.480. The maximum atomic E-state index is 12.1. The predicted molar refractivity (Wildman–Crippen MR) is 90.7 cm³/mol. The molecule has 7 heteroatoms. The molecular weight excluding hydrogens is 324 g/mol. The number of fused-ring (bicyclic) bond motifs is 1. The first-order valence-electron chi connectivity index (χ1n) is 8.01. The molecule has 0 saturated heterocycles. The van der Waals surface area contributed by atoms with Crippen LogP contribution in [-0.2, 0) is 17.8 Å². The van der Waals surface area contributed by atoms with Gasteiger partial charge in [0, 0.05) is 24.6 Å². The van der Waals surface area contributed by atoms with Crippen LogP contribution in [0.2, 0.25) is 0 Å². The molecule has 7 nitrogen and oxygen atoms in total. The lowest BCUT2D eigenvalue weighted by atomic mass is 10.1. The number of benzene rings is 2. The van der Waals surface area contributed by atoms with E-state index in [0.717, 1.165) is 12.0 Å². The SMILES string of the molecule is O=C(Cc1ccccc1[N+](=O)[O-])NCc1ccc2c(c1)OCCCO2. The molecule has 1 N–H and O–H groups in total. The van der Waals surface area contributed by atoms with Crippen LogP contribution in [0.1, 0.15) is 17.5 Å². The number of nitrogens with one attached hydrogen (secondary N) is 1. The van der Waals surface area contributed by atoms with E-state index >= 15 is 0 Å². The zero-order valence-corrected chi connectivity index (χ0v) is 13.6. The van der Waals surface area contributed by atoms with Crippen LogP contribution < -0.4 is 14.8 Å². The van der Waals surface area contributed by atoms with Crippen LogP contribution in [0.25, 0.3) is 0 Å². The molecular formula is C18H18N2O5. The van der Waals surface area contributed by atoms with Crippen molar-refractivity contribution in [2.45, 2.75) is 19.4 Å². The van der Waals surface area contributed by atoms with E-state index in [-0.39, 0.29) is 18.0 Å². The number of para-hydroxylation sites is 1. The summed E-state index contributed by atoms with van der Waals surface area (Å²) < 4.78 is 11.2. The number of carbonyl (C=O) groups is 1. The summed E-state index contributed by atoms with van der Waals surface area (Å²) in [4.78, 5) is 22.6. The van der Waals surface area contributed by atoms with Gasteiger partial charge in [0.15, 0.2) is 11.5 Å². The lowest BCUT2D eigenvalue weighted by Crippen LogP contribution is -2.24. The highest BCUT2D eigenvalue weighted by molar-refractivity contribution is 5.79. The largest absolute Gasteiger partial charge is 0.490 e. The van der Waals surface area contributed by atoms with Gasteiger partial charge in [-0.25, -0.2) is 0 Å². The smallest absolute Gasteiger partial charge is 0.273 e. The highest BCUT2D eigenvalue weighted by atomic mass is 16.6. The van der Waals surface area contributed by atoms with Crippen molar-refractivity contribution in [1.29, 1.82) is 0 Å². The van der Waals surface area contributed by atoms with E-state index in [1.807, 2.05) is 18.2 Å². The second-order valence-electron chi connectivity index (χ2n) is 5.67. The fraction of sp³-hybridized carbons (Fsp3) is 0.278. The van der Waals surface area contributed by atoms with Crippen LogP contribution in [-0.4, -0.2) is 24.0 Å². The maximum absolute atomic E-state index is 12.1. The van der Waals surface area contributed by atoms with Crippen molar-refractivity contribution >= 4 is 11.6 Å². The molecule has 1 aliphatic rings. The summed E-state index contributed by atoms with van der Waals surface area (Å²) >= 11 is 0. The van der Waals surface area contributed by atoms with E-state index in [4.69, 9.17) is 9.47 Å². The lowest BCUT2D eigenvalue weighted by Gasteiger charge is -2.10. The second-order valence-corrected chi connectivity index (χ2v) is 5.67. The average molecular weight is 342 g/mol. The van der Waals surface area contributed by atoms with Crippen molar-refractivity contribution in [2.24, 2.45) is 0 Å². The molecule has 1 amide bonds. The Hall–Kier alpha value is -3.09. The lowest BCUT2D eigenvalue weighted by molar-refractivity contribution is -0.385. The topological polar surface area (TPSA) is 90.7 Å². The van der Waals surface area contributed by atoms with E-state index in [9.17, 15) is 14.9 Å². The second kappa shape index (κ2) is 7.65. The quantitative estimate of drug-likeness (QED) is 0.666. The zero-order valence-electron chi connectivity index (χ0n) is 13.6. The fourth-order valence-electron chi connectivity index (χ4n) is 2.59. The minimum absolute atomic E-state index is 0.0400. The number of nitro groups is 1. The number of amides is 1. The predicted octanol–water partition coefficient (Wildman–Crippen LogP) is 2.62. The Morgan fingerprint density at radius 2 is 1.88 bits per heavy atom. The molecule has 2 aromatic rings. The van der Waals surface area contributed by atoms with Crippen LogP contribution in [0.15, 0.2) is 42.5 Å². The van der Waals surface area contributed by atoms with Gasteiger partial charge in [0.1, 0.15) is 0 Å². The van der Waals surface area contributed by atoms with E-state index in [1.54, 1.807) is 18.2 Å². The van der Waals surface area contributed by atoms with Crippen molar-refractivity contribution in [1.82, 2.24) is 5.32 Å². The monoisotopic (exact) mass is 342 g/mol. The normalized spacial score (nSPS) is 13.0. The summed E-state index contributed by atoms with van der Waals surface area (Å²) in [5.74, 6) is 1.09. The molecule has 1 heterocycles. The molecule has 1 aliphatic heterocycles. The van der Waals surface area contributed by atoms with Gasteiger partial charge in [-0.05, 0) is 17.7 Å². The zero-order chi connectivity index (χ0) is 17.6. The van der Waals surface area contributed by atoms with Gasteiger partial charge in [-0.15, -0.1) is 0 Å². The van der Waals surface area contributed by atoms with Gasteiger partial charge in [-0.3, -0.25) is 14.9 Å². The molecule has 0 atom stereocenters. The summed E-state index contributed by atoms with van der Waals surface area (Å²) in [6, 6.07) is 11.8. The highest BCUT2D eigenvalue weighted by Crippen LogP contribution is 2.30. The van der Waals surface area contributed by atoms with Crippen LogP contribution >= 0.6 is 0 Å². The van der Waals surface area contributed by atoms with Crippen molar-refractivity contribution in [3.63, 3.8) is 0 Å². The van der Waals surface area contributed by atoms with Crippen molar-refractivity contribution in [3.8, 4) is 11.5 Å². The summed E-state index contributed by atoms with van der Waals surface area (Å²) in [6.07, 6.45) is 0.790. The number of nitrogens with zero attached hydrogens (tertiary/aromatic N) is 1. The Bertz CT molecular complexity index is 791. The van der Waals surface area contributed by atoms with Gasteiger partial charge in [0.25, 0.3) is 5.69 Å². The van der Waals surface area contributed by atoms with Crippen LogP contribution in [0.3, 0.4) is 0 Å². The number of hydrogen-bond acceptors (Lipinski definition) is 5. The first-order chi connectivity index (χ1) is 12.1. The summed E-state index contributed by atoms with van der Waals surface area (Å²) in [6.45, 7) is 1.54. The standard InChI is InChI=1S/C18H18N2O5/c21-18(11-14-4-1-2-5-15(14)20(22)23)19-12-13-6-7-16-17(10-13)25-9-3-8-24-16/h1-2,4-7,10H,3,8-9,11-12H2,(H,19,21). The molecule has 0 fully saturated rings. The molecule has 0 bridgehead atoms. The number of carbonyl (C=O) groups excluding carboxylic acids is 1. The number of rotatable bonds is 5. The Kier molecular flexibility index (Phi) is 5.13. The Morgan fingerprint density at radius 3 is 2.68 bits per heavy atom. The third-order valence-electron chi connectivity index (χ3n) is 3.84. The Balaban J connectivity index is 1.61. The minimum Gasteiger partial charge on any atom is -0.490 e. The van der Waals surface area contributed by atoms with Gasteiger partial charge >= 0.3 is 0 Å². The van der Waals surface area contributed by atoms with E-state index in [0.29, 0.717) is 36.8 Å². The molecule has 130 valence electrons.